The normalized spacial score (nSPS) is 11.5. The summed E-state index contributed by atoms with van der Waals surface area (Å²) in [7, 11) is 0. The summed E-state index contributed by atoms with van der Waals surface area (Å²) < 4.78 is 2.24. The Hall–Kier alpha value is -0.600. The molecule has 0 saturated carbocycles. The van der Waals surface area contributed by atoms with Crippen LogP contribution < -0.4 is 0 Å². The maximum absolute atomic E-state index is 3.47. The van der Waals surface area contributed by atoms with E-state index in [2.05, 4.69) is 94.2 Å². The molecule has 2 aromatic carbocycles. The minimum atomic E-state index is 0.0292. The average molecular weight is 354 g/mol. The fourth-order valence-corrected chi connectivity index (χ4v) is 2.43. The van der Waals surface area contributed by atoms with Gasteiger partial charge in [-0.1, -0.05) is 70.0 Å². The molecule has 2 rings (SSSR count). The SMILES string of the molecule is CC(C)(c1ccc(Br)cc1)c1ccc(Br)cc1. The molecule has 0 spiro atoms. The minimum absolute atomic E-state index is 0.0292. The van der Waals surface area contributed by atoms with Gasteiger partial charge in [0.05, 0.1) is 0 Å². The zero-order valence-electron chi connectivity index (χ0n) is 9.87. The summed E-state index contributed by atoms with van der Waals surface area (Å²) in [5, 5.41) is 0. The van der Waals surface area contributed by atoms with Gasteiger partial charge in [0.25, 0.3) is 0 Å². The van der Waals surface area contributed by atoms with E-state index in [9.17, 15) is 0 Å². The van der Waals surface area contributed by atoms with Gasteiger partial charge < -0.3 is 0 Å². The lowest BCUT2D eigenvalue weighted by atomic mass is 9.78. The van der Waals surface area contributed by atoms with Crippen LogP contribution in [0.4, 0.5) is 0 Å². The van der Waals surface area contributed by atoms with Crippen LogP contribution in [0.2, 0.25) is 0 Å². The van der Waals surface area contributed by atoms with Gasteiger partial charge in [-0.05, 0) is 35.4 Å². The molecule has 17 heavy (non-hydrogen) atoms. The minimum Gasteiger partial charge on any atom is -0.0570 e. The Labute approximate surface area is 119 Å². The van der Waals surface area contributed by atoms with E-state index in [0.717, 1.165) is 8.95 Å². The smallest absolute Gasteiger partial charge is 0.0175 e. The molecule has 0 unspecified atom stereocenters. The van der Waals surface area contributed by atoms with Gasteiger partial charge in [-0.2, -0.15) is 0 Å². The van der Waals surface area contributed by atoms with Crippen molar-refractivity contribution in [3.63, 3.8) is 0 Å². The molecule has 0 atom stereocenters. The topological polar surface area (TPSA) is 0 Å². The van der Waals surface area contributed by atoms with Crippen molar-refractivity contribution in [2.45, 2.75) is 19.3 Å². The molecular weight excluding hydrogens is 340 g/mol. The number of hydrogen-bond acceptors (Lipinski definition) is 0. The molecule has 88 valence electrons. The van der Waals surface area contributed by atoms with Gasteiger partial charge in [0.15, 0.2) is 0 Å². The standard InChI is InChI=1S/C15H14Br2/c1-15(2,11-3-7-13(16)8-4-11)12-5-9-14(17)10-6-12/h3-10H,1-2H3. The monoisotopic (exact) mass is 352 g/mol. The van der Waals surface area contributed by atoms with E-state index in [0.29, 0.717) is 0 Å². The summed E-state index contributed by atoms with van der Waals surface area (Å²) in [5.74, 6) is 0. The first-order valence-electron chi connectivity index (χ1n) is 5.52. The van der Waals surface area contributed by atoms with Gasteiger partial charge in [-0.25, -0.2) is 0 Å². The number of halogens is 2. The fraction of sp³-hybridized carbons (Fsp3) is 0.200. The van der Waals surface area contributed by atoms with Crippen LogP contribution in [-0.4, -0.2) is 0 Å². The molecule has 0 aliphatic carbocycles. The molecule has 0 radical (unpaired) electrons. The first-order chi connectivity index (χ1) is 8.00. The molecule has 0 N–H and O–H groups in total. The Morgan fingerprint density at radius 2 is 0.941 bits per heavy atom. The van der Waals surface area contributed by atoms with Crippen LogP contribution in [0, 0.1) is 0 Å². The second kappa shape index (κ2) is 4.95. The lowest BCUT2D eigenvalue weighted by Crippen LogP contribution is -2.18. The maximum Gasteiger partial charge on any atom is 0.0175 e. The average Bonchev–Trinajstić information content (AvgIpc) is 2.30. The van der Waals surface area contributed by atoms with Crippen molar-refractivity contribution < 1.29 is 0 Å². The van der Waals surface area contributed by atoms with E-state index in [1.54, 1.807) is 0 Å². The predicted molar refractivity (Wildman–Crippen MR) is 80.4 cm³/mol. The summed E-state index contributed by atoms with van der Waals surface area (Å²) in [6.07, 6.45) is 0. The van der Waals surface area contributed by atoms with Crippen molar-refractivity contribution in [1.82, 2.24) is 0 Å². The highest BCUT2D eigenvalue weighted by molar-refractivity contribution is 9.10. The van der Waals surface area contributed by atoms with Gasteiger partial charge in [0.1, 0.15) is 0 Å². The van der Waals surface area contributed by atoms with Crippen LogP contribution in [0.25, 0.3) is 0 Å². The molecule has 0 amide bonds. The fourth-order valence-electron chi connectivity index (χ4n) is 1.90. The van der Waals surface area contributed by atoms with Crippen molar-refractivity contribution in [1.29, 1.82) is 0 Å². The molecule has 2 heteroatoms. The zero-order chi connectivity index (χ0) is 12.5. The summed E-state index contributed by atoms with van der Waals surface area (Å²) in [6.45, 7) is 4.50. The molecular formula is C15H14Br2. The van der Waals surface area contributed by atoms with E-state index in [-0.39, 0.29) is 5.41 Å². The molecule has 0 bridgehead atoms. The molecule has 0 saturated heterocycles. The second-order valence-corrected chi connectivity index (χ2v) is 6.47. The van der Waals surface area contributed by atoms with Crippen molar-refractivity contribution in [3.8, 4) is 0 Å². The molecule has 2 aromatic rings. The van der Waals surface area contributed by atoms with Gasteiger partial charge in [0.2, 0.25) is 0 Å². The Morgan fingerprint density at radius 3 is 1.24 bits per heavy atom. The van der Waals surface area contributed by atoms with Gasteiger partial charge >= 0.3 is 0 Å². The third-order valence-electron chi connectivity index (χ3n) is 3.13. The van der Waals surface area contributed by atoms with E-state index < -0.39 is 0 Å². The first kappa shape index (κ1) is 12.8. The molecule has 0 aromatic heterocycles. The molecule has 0 fully saturated rings. The summed E-state index contributed by atoms with van der Waals surface area (Å²) in [5.41, 5.74) is 2.67. The maximum atomic E-state index is 3.47. The quantitative estimate of drug-likeness (QED) is 0.665. The molecule has 0 aliphatic rings. The Balaban J connectivity index is 2.41. The van der Waals surface area contributed by atoms with Crippen molar-refractivity contribution in [3.05, 3.63) is 68.6 Å². The third kappa shape index (κ3) is 2.80. The van der Waals surface area contributed by atoms with Gasteiger partial charge in [0, 0.05) is 14.4 Å². The summed E-state index contributed by atoms with van der Waals surface area (Å²) >= 11 is 6.94. The molecule has 0 aliphatic heterocycles. The molecule has 0 heterocycles. The third-order valence-corrected chi connectivity index (χ3v) is 4.19. The molecule has 0 nitrogen and oxygen atoms in total. The van der Waals surface area contributed by atoms with E-state index in [1.807, 2.05) is 0 Å². The Kier molecular flexibility index (Phi) is 3.74. The summed E-state index contributed by atoms with van der Waals surface area (Å²) in [6, 6.07) is 17.1. The largest absolute Gasteiger partial charge is 0.0570 e. The second-order valence-electron chi connectivity index (χ2n) is 4.64. The first-order valence-corrected chi connectivity index (χ1v) is 7.11. The highest BCUT2D eigenvalue weighted by Gasteiger charge is 2.22. The summed E-state index contributed by atoms with van der Waals surface area (Å²) in [4.78, 5) is 0. The predicted octanol–water partition coefficient (Wildman–Crippen LogP) is 5.54. The number of hydrogen-bond donors (Lipinski definition) is 0. The lowest BCUT2D eigenvalue weighted by Gasteiger charge is -2.26. The van der Waals surface area contributed by atoms with Gasteiger partial charge in [-0.3, -0.25) is 0 Å². The van der Waals surface area contributed by atoms with E-state index in [4.69, 9.17) is 0 Å². The van der Waals surface area contributed by atoms with Crippen molar-refractivity contribution >= 4 is 31.9 Å². The van der Waals surface area contributed by atoms with Crippen LogP contribution >= 0.6 is 31.9 Å². The van der Waals surface area contributed by atoms with E-state index >= 15 is 0 Å². The number of benzene rings is 2. The zero-order valence-corrected chi connectivity index (χ0v) is 13.0. The Morgan fingerprint density at radius 1 is 0.647 bits per heavy atom. The number of rotatable bonds is 2. The van der Waals surface area contributed by atoms with Crippen LogP contribution in [0.5, 0.6) is 0 Å². The van der Waals surface area contributed by atoms with Crippen molar-refractivity contribution in [2.75, 3.05) is 0 Å². The van der Waals surface area contributed by atoms with Crippen LogP contribution in [0.15, 0.2) is 57.5 Å². The van der Waals surface area contributed by atoms with Crippen LogP contribution in [0.1, 0.15) is 25.0 Å². The van der Waals surface area contributed by atoms with Crippen LogP contribution in [0.3, 0.4) is 0 Å². The van der Waals surface area contributed by atoms with Gasteiger partial charge in [-0.15, -0.1) is 0 Å². The lowest BCUT2D eigenvalue weighted by molar-refractivity contribution is 0.640. The highest BCUT2D eigenvalue weighted by Crippen LogP contribution is 2.32. The van der Waals surface area contributed by atoms with E-state index in [1.165, 1.54) is 11.1 Å². The Bertz CT molecular complexity index is 448. The van der Waals surface area contributed by atoms with Crippen LogP contribution in [-0.2, 0) is 5.41 Å². The van der Waals surface area contributed by atoms with Crippen molar-refractivity contribution in [2.24, 2.45) is 0 Å². The highest BCUT2D eigenvalue weighted by atomic mass is 79.9.